The first-order valence-corrected chi connectivity index (χ1v) is 5.58. The molecule has 1 heterocycles. The van der Waals surface area contributed by atoms with Gasteiger partial charge < -0.3 is 4.57 Å². The van der Waals surface area contributed by atoms with Gasteiger partial charge in [-0.3, -0.25) is 0 Å². The van der Waals surface area contributed by atoms with Gasteiger partial charge in [0.2, 0.25) is 0 Å². The average Bonchev–Trinajstić information content (AvgIpc) is 2.57. The molecule has 0 bridgehead atoms. The van der Waals surface area contributed by atoms with E-state index in [1.54, 1.807) is 0 Å². The van der Waals surface area contributed by atoms with Crippen LogP contribution in [0.1, 0.15) is 6.92 Å². The van der Waals surface area contributed by atoms with Gasteiger partial charge in [0.15, 0.2) is 5.16 Å². The number of imidazole rings is 1. The van der Waals surface area contributed by atoms with Crippen LogP contribution in [0.4, 0.5) is 0 Å². The number of nitriles is 1. The Morgan fingerprint density at radius 3 is 2.87 bits per heavy atom. The van der Waals surface area contributed by atoms with Crippen molar-refractivity contribution in [2.75, 3.05) is 0 Å². The van der Waals surface area contributed by atoms with Gasteiger partial charge in [-0.2, -0.15) is 5.26 Å². The summed E-state index contributed by atoms with van der Waals surface area (Å²) >= 11 is 1.49. The van der Waals surface area contributed by atoms with Crippen molar-refractivity contribution in [3.63, 3.8) is 0 Å². The molecule has 0 fully saturated rings. The molecular weight excluding hydrogens is 206 g/mol. The number of hydrogen-bond acceptors (Lipinski definition) is 3. The Labute approximate surface area is 92.7 Å². The zero-order valence-corrected chi connectivity index (χ0v) is 9.45. The summed E-state index contributed by atoms with van der Waals surface area (Å²) in [5.41, 5.74) is 2.08. The van der Waals surface area contributed by atoms with E-state index in [0.29, 0.717) is 0 Å². The fourth-order valence-electron chi connectivity index (χ4n) is 1.41. The third kappa shape index (κ3) is 1.83. The molecule has 4 heteroatoms. The SMILES string of the molecule is C[C@H](C#N)Sc1nc2ccccc2n1C. The van der Waals surface area contributed by atoms with Gasteiger partial charge in [0.05, 0.1) is 22.4 Å². The van der Waals surface area contributed by atoms with Crippen LogP contribution in [0, 0.1) is 11.3 Å². The molecule has 0 aliphatic carbocycles. The van der Waals surface area contributed by atoms with E-state index in [-0.39, 0.29) is 5.25 Å². The molecule has 0 N–H and O–H groups in total. The zero-order chi connectivity index (χ0) is 10.8. The number of thioether (sulfide) groups is 1. The molecule has 1 atom stereocenters. The standard InChI is InChI=1S/C11H11N3S/c1-8(7-12)15-11-13-9-5-3-4-6-10(9)14(11)2/h3-6,8H,1-2H3/t8-/m1/s1. The normalized spacial score (nSPS) is 12.6. The lowest BCUT2D eigenvalue weighted by atomic mass is 10.3. The van der Waals surface area contributed by atoms with Crippen molar-refractivity contribution in [2.24, 2.45) is 7.05 Å². The van der Waals surface area contributed by atoms with Crippen LogP contribution in [0.3, 0.4) is 0 Å². The first-order valence-electron chi connectivity index (χ1n) is 4.70. The van der Waals surface area contributed by atoms with Gasteiger partial charge in [-0.25, -0.2) is 4.98 Å². The second-order valence-electron chi connectivity index (χ2n) is 3.33. The zero-order valence-electron chi connectivity index (χ0n) is 8.64. The fraction of sp³-hybridized carbons (Fsp3) is 0.273. The van der Waals surface area contributed by atoms with Crippen LogP contribution in [0.2, 0.25) is 0 Å². The highest BCUT2D eigenvalue weighted by Gasteiger charge is 2.10. The highest BCUT2D eigenvalue weighted by Crippen LogP contribution is 2.25. The number of nitrogens with zero attached hydrogens (tertiary/aromatic N) is 3. The number of fused-ring (bicyclic) bond motifs is 1. The Morgan fingerprint density at radius 1 is 1.47 bits per heavy atom. The monoisotopic (exact) mass is 217 g/mol. The number of aromatic nitrogens is 2. The topological polar surface area (TPSA) is 41.6 Å². The van der Waals surface area contributed by atoms with Crippen LogP contribution in [-0.4, -0.2) is 14.8 Å². The quantitative estimate of drug-likeness (QED) is 0.726. The van der Waals surface area contributed by atoms with E-state index in [4.69, 9.17) is 5.26 Å². The number of para-hydroxylation sites is 2. The molecule has 0 unspecified atom stereocenters. The Bertz CT molecular complexity index is 524. The molecule has 1 aromatic heterocycles. The largest absolute Gasteiger partial charge is 0.322 e. The number of benzene rings is 1. The summed E-state index contributed by atoms with van der Waals surface area (Å²) in [7, 11) is 1.97. The highest BCUT2D eigenvalue weighted by atomic mass is 32.2. The molecule has 2 rings (SSSR count). The Hall–Kier alpha value is -1.47. The van der Waals surface area contributed by atoms with Crippen molar-refractivity contribution in [1.29, 1.82) is 5.26 Å². The number of hydrogen-bond donors (Lipinski definition) is 0. The van der Waals surface area contributed by atoms with Gasteiger partial charge >= 0.3 is 0 Å². The summed E-state index contributed by atoms with van der Waals surface area (Å²) in [6.45, 7) is 1.88. The second kappa shape index (κ2) is 3.95. The van der Waals surface area contributed by atoms with E-state index in [9.17, 15) is 0 Å². The number of rotatable bonds is 2. The van der Waals surface area contributed by atoms with Gasteiger partial charge in [-0.05, 0) is 19.1 Å². The van der Waals surface area contributed by atoms with E-state index >= 15 is 0 Å². The van der Waals surface area contributed by atoms with Crippen molar-refractivity contribution in [3.8, 4) is 6.07 Å². The predicted octanol–water partition coefficient (Wildman–Crippen LogP) is 2.58. The molecule has 3 nitrogen and oxygen atoms in total. The second-order valence-corrected chi connectivity index (χ2v) is 4.64. The van der Waals surface area contributed by atoms with Crippen LogP contribution >= 0.6 is 11.8 Å². The molecular formula is C11H11N3S. The van der Waals surface area contributed by atoms with Crippen molar-refractivity contribution >= 4 is 22.8 Å². The minimum Gasteiger partial charge on any atom is -0.322 e. The first kappa shape index (κ1) is 10.1. The fourth-order valence-corrected chi connectivity index (χ4v) is 2.19. The summed E-state index contributed by atoms with van der Waals surface area (Å²) in [4.78, 5) is 4.47. The van der Waals surface area contributed by atoms with Crippen molar-refractivity contribution in [2.45, 2.75) is 17.3 Å². The Morgan fingerprint density at radius 2 is 2.20 bits per heavy atom. The lowest BCUT2D eigenvalue weighted by Gasteiger charge is -2.02. The van der Waals surface area contributed by atoms with Gasteiger partial charge in [0.1, 0.15) is 0 Å². The summed E-state index contributed by atoms with van der Waals surface area (Å²) in [5, 5.41) is 9.58. The highest BCUT2D eigenvalue weighted by molar-refractivity contribution is 8.00. The van der Waals surface area contributed by atoms with E-state index < -0.39 is 0 Å². The summed E-state index contributed by atoms with van der Waals surface area (Å²) in [6, 6.07) is 10.2. The minimum atomic E-state index is -0.0690. The Balaban J connectivity index is 2.45. The van der Waals surface area contributed by atoms with Crippen LogP contribution in [0.5, 0.6) is 0 Å². The van der Waals surface area contributed by atoms with Crippen LogP contribution < -0.4 is 0 Å². The lowest BCUT2D eigenvalue weighted by molar-refractivity contribution is 0.813. The Kier molecular flexibility index (Phi) is 2.65. The van der Waals surface area contributed by atoms with Crippen molar-refractivity contribution in [1.82, 2.24) is 9.55 Å². The third-order valence-corrected chi connectivity index (χ3v) is 3.25. The average molecular weight is 217 g/mol. The molecule has 76 valence electrons. The maximum Gasteiger partial charge on any atom is 0.170 e. The van der Waals surface area contributed by atoms with E-state index in [1.807, 2.05) is 42.8 Å². The molecule has 0 aliphatic heterocycles. The molecule has 0 spiro atoms. The van der Waals surface area contributed by atoms with Gasteiger partial charge in [-0.15, -0.1) is 0 Å². The van der Waals surface area contributed by atoms with E-state index in [2.05, 4.69) is 11.1 Å². The number of aryl methyl sites for hydroxylation is 1. The molecule has 15 heavy (non-hydrogen) atoms. The minimum absolute atomic E-state index is 0.0690. The maximum absolute atomic E-state index is 8.75. The van der Waals surface area contributed by atoms with Crippen LogP contribution in [0.25, 0.3) is 11.0 Å². The molecule has 0 amide bonds. The van der Waals surface area contributed by atoms with Crippen LogP contribution in [-0.2, 0) is 7.05 Å². The third-order valence-electron chi connectivity index (χ3n) is 2.21. The smallest absolute Gasteiger partial charge is 0.170 e. The molecule has 0 radical (unpaired) electrons. The summed E-state index contributed by atoms with van der Waals surface area (Å²) < 4.78 is 2.02. The predicted molar refractivity (Wildman–Crippen MR) is 61.6 cm³/mol. The molecule has 2 aromatic rings. The van der Waals surface area contributed by atoms with Gasteiger partial charge in [0.25, 0.3) is 0 Å². The van der Waals surface area contributed by atoms with Gasteiger partial charge in [-0.1, -0.05) is 23.9 Å². The lowest BCUT2D eigenvalue weighted by Crippen LogP contribution is -1.96. The van der Waals surface area contributed by atoms with Crippen molar-refractivity contribution in [3.05, 3.63) is 24.3 Å². The van der Waals surface area contributed by atoms with E-state index in [0.717, 1.165) is 16.2 Å². The molecule has 1 aromatic carbocycles. The summed E-state index contributed by atoms with van der Waals surface area (Å²) in [5.74, 6) is 0. The van der Waals surface area contributed by atoms with E-state index in [1.165, 1.54) is 11.8 Å². The summed E-state index contributed by atoms with van der Waals surface area (Å²) in [6.07, 6.45) is 0. The molecule has 0 saturated heterocycles. The molecule has 0 aliphatic rings. The first-order chi connectivity index (χ1) is 7.22. The molecule has 0 saturated carbocycles. The van der Waals surface area contributed by atoms with Crippen LogP contribution in [0.15, 0.2) is 29.4 Å². The van der Waals surface area contributed by atoms with Crippen molar-refractivity contribution < 1.29 is 0 Å². The maximum atomic E-state index is 8.75. The van der Waals surface area contributed by atoms with Gasteiger partial charge in [0, 0.05) is 7.05 Å².